The fourth-order valence-electron chi connectivity index (χ4n) is 0.811. The lowest BCUT2D eigenvalue weighted by Gasteiger charge is -2.07. The Labute approximate surface area is 64.6 Å². The maximum Gasteiger partial charge on any atom is -0.0200 e. The van der Waals surface area contributed by atoms with Crippen LogP contribution in [0.5, 0.6) is 0 Å². The third kappa shape index (κ3) is 3.49. The van der Waals surface area contributed by atoms with E-state index in [1.54, 1.807) is 0 Å². The third-order valence-corrected chi connectivity index (χ3v) is 1.96. The molecule has 0 radical (unpaired) electrons. The van der Waals surface area contributed by atoms with Crippen LogP contribution in [0.2, 0.25) is 0 Å². The van der Waals surface area contributed by atoms with Gasteiger partial charge in [0.25, 0.3) is 0 Å². The highest BCUT2D eigenvalue weighted by Crippen LogP contribution is 2.13. The average molecular weight is 138 g/mol. The van der Waals surface area contributed by atoms with Gasteiger partial charge in [-0.05, 0) is 33.1 Å². The molecule has 0 fully saturated rings. The van der Waals surface area contributed by atoms with Crippen LogP contribution < -0.4 is 0 Å². The van der Waals surface area contributed by atoms with Gasteiger partial charge in [0.1, 0.15) is 0 Å². The molecule has 0 aromatic rings. The topological polar surface area (TPSA) is 0 Å². The highest BCUT2D eigenvalue weighted by molar-refractivity contribution is 5.02. The van der Waals surface area contributed by atoms with Crippen molar-refractivity contribution in [2.24, 2.45) is 5.92 Å². The lowest BCUT2D eigenvalue weighted by atomic mass is 9.99. The fraction of sp³-hybridized carbons (Fsp3) is 0.600. The van der Waals surface area contributed by atoms with E-state index in [0.717, 1.165) is 0 Å². The predicted molar refractivity (Wildman–Crippen MR) is 48.0 cm³/mol. The van der Waals surface area contributed by atoms with Gasteiger partial charge in [0, 0.05) is 0 Å². The standard InChI is InChI=1S/C10H18/c1-5-7-8-10(4)9(3)6-2/h5-7,10H,8H2,1-4H3. The Balaban J connectivity index is 3.73. The molecule has 0 saturated carbocycles. The van der Waals surface area contributed by atoms with E-state index in [-0.39, 0.29) is 0 Å². The Morgan fingerprint density at radius 3 is 2.40 bits per heavy atom. The zero-order valence-corrected chi connectivity index (χ0v) is 7.52. The van der Waals surface area contributed by atoms with Crippen LogP contribution in [0.3, 0.4) is 0 Å². The van der Waals surface area contributed by atoms with Crippen LogP contribution in [0, 0.1) is 5.92 Å². The number of allylic oxidation sites excluding steroid dienone is 4. The van der Waals surface area contributed by atoms with Gasteiger partial charge in [-0.2, -0.15) is 0 Å². The molecule has 0 heteroatoms. The van der Waals surface area contributed by atoms with E-state index in [2.05, 4.69) is 45.9 Å². The first-order valence-corrected chi connectivity index (χ1v) is 3.96. The molecule has 0 aliphatic rings. The van der Waals surface area contributed by atoms with Crippen molar-refractivity contribution in [1.29, 1.82) is 0 Å². The molecular weight excluding hydrogens is 120 g/mol. The van der Waals surface area contributed by atoms with Crippen LogP contribution in [0.25, 0.3) is 0 Å². The van der Waals surface area contributed by atoms with Crippen molar-refractivity contribution >= 4 is 0 Å². The Bertz CT molecular complexity index is 129. The van der Waals surface area contributed by atoms with Gasteiger partial charge < -0.3 is 0 Å². The van der Waals surface area contributed by atoms with E-state index in [1.165, 1.54) is 12.0 Å². The van der Waals surface area contributed by atoms with Gasteiger partial charge in [0.2, 0.25) is 0 Å². The number of hydrogen-bond donors (Lipinski definition) is 0. The predicted octanol–water partition coefficient (Wildman–Crippen LogP) is 3.55. The van der Waals surface area contributed by atoms with Crippen molar-refractivity contribution in [1.82, 2.24) is 0 Å². The van der Waals surface area contributed by atoms with Crippen LogP contribution in [0.15, 0.2) is 23.8 Å². The second kappa shape index (κ2) is 5.28. The molecule has 0 heterocycles. The molecule has 0 spiro atoms. The van der Waals surface area contributed by atoms with Gasteiger partial charge in [-0.3, -0.25) is 0 Å². The summed E-state index contributed by atoms with van der Waals surface area (Å²) in [5.74, 6) is 0.709. The average Bonchev–Trinajstić information content (AvgIpc) is 1.98. The molecule has 0 aromatic heterocycles. The summed E-state index contributed by atoms with van der Waals surface area (Å²) in [5, 5.41) is 0. The molecule has 0 bridgehead atoms. The van der Waals surface area contributed by atoms with Gasteiger partial charge in [-0.15, -0.1) is 0 Å². The zero-order chi connectivity index (χ0) is 7.98. The van der Waals surface area contributed by atoms with E-state index in [4.69, 9.17) is 0 Å². The molecule has 1 unspecified atom stereocenters. The first kappa shape index (κ1) is 9.48. The lowest BCUT2D eigenvalue weighted by Crippen LogP contribution is -1.92. The number of rotatable bonds is 3. The van der Waals surface area contributed by atoms with Gasteiger partial charge in [0.15, 0.2) is 0 Å². The smallest absolute Gasteiger partial charge is 0.0200 e. The summed E-state index contributed by atoms with van der Waals surface area (Å²) in [6.07, 6.45) is 7.69. The van der Waals surface area contributed by atoms with Gasteiger partial charge >= 0.3 is 0 Å². The molecule has 0 saturated heterocycles. The molecule has 0 N–H and O–H groups in total. The Kier molecular flexibility index (Phi) is 5.00. The molecule has 58 valence electrons. The Hall–Kier alpha value is -0.520. The first-order valence-electron chi connectivity index (χ1n) is 3.96. The quantitative estimate of drug-likeness (QED) is 0.523. The van der Waals surface area contributed by atoms with Gasteiger partial charge in [0.05, 0.1) is 0 Å². The second-order valence-electron chi connectivity index (χ2n) is 2.74. The second-order valence-corrected chi connectivity index (χ2v) is 2.74. The van der Waals surface area contributed by atoms with E-state index in [1.807, 2.05) is 0 Å². The van der Waals surface area contributed by atoms with E-state index < -0.39 is 0 Å². The van der Waals surface area contributed by atoms with Crippen LogP contribution in [-0.2, 0) is 0 Å². The maximum atomic E-state index is 2.26. The molecule has 0 rings (SSSR count). The van der Waals surface area contributed by atoms with Crippen molar-refractivity contribution in [3.05, 3.63) is 23.8 Å². The zero-order valence-electron chi connectivity index (χ0n) is 7.52. The lowest BCUT2D eigenvalue weighted by molar-refractivity contribution is 0.693. The summed E-state index contributed by atoms with van der Waals surface area (Å²) in [5.41, 5.74) is 1.48. The summed E-state index contributed by atoms with van der Waals surface area (Å²) in [6.45, 7) is 8.61. The maximum absolute atomic E-state index is 2.26. The largest absolute Gasteiger partial charge is 0.0916 e. The van der Waals surface area contributed by atoms with E-state index >= 15 is 0 Å². The van der Waals surface area contributed by atoms with Crippen molar-refractivity contribution < 1.29 is 0 Å². The fourth-order valence-corrected chi connectivity index (χ4v) is 0.811. The highest BCUT2D eigenvalue weighted by atomic mass is 14.0. The summed E-state index contributed by atoms with van der Waals surface area (Å²) >= 11 is 0. The molecule has 0 aliphatic carbocycles. The monoisotopic (exact) mass is 138 g/mol. The van der Waals surface area contributed by atoms with Crippen LogP contribution in [-0.4, -0.2) is 0 Å². The van der Waals surface area contributed by atoms with Crippen LogP contribution in [0.1, 0.15) is 34.1 Å². The third-order valence-electron chi connectivity index (χ3n) is 1.96. The normalized spacial score (nSPS) is 16.2. The van der Waals surface area contributed by atoms with Crippen molar-refractivity contribution in [3.63, 3.8) is 0 Å². The summed E-state index contributed by atoms with van der Waals surface area (Å²) < 4.78 is 0. The minimum absolute atomic E-state index is 0.709. The van der Waals surface area contributed by atoms with Crippen LogP contribution in [0.4, 0.5) is 0 Å². The molecule has 0 aromatic carbocycles. The van der Waals surface area contributed by atoms with Crippen molar-refractivity contribution in [3.8, 4) is 0 Å². The van der Waals surface area contributed by atoms with Crippen LogP contribution >= 0.6 is 0 Å². The summed E-state index contributed by atoms with van der Waals surface area (Å²) in [7, 11) is 0. The Morgan fingerprint density at radius 1 is 1.40 bits per heavy atom. The minimum atomic E-state index is 0.709. The van der Waals surface area contributed by atoms with Crippen molar-refractivity contribution in [2.75, 3.05) is 0 Å². The number of hydrogen-bond acceptors (Lipinski definition) is 0. The first-order chi connectivity index (χ1) is 4.72. The highest BCUT2D eigenvalue weighted by Gasteiger charge is 1.98. The van der Waals surface area contributed by atoms with Gasteiger partial charge in [-0.25, -0.2) is 0 Å². The molecular formula is C10H18. The van der Waals surface area contributed by atoms with E-state index in [9.17, 15) is 0 Å². The SMILES string of the molecule is CC=CCC(C)C(C)=CC. The summed E-state index contributed by atoms with van der Waals surface area (Å²) in [4.78, 5) is 0. The Morgan fingerprint density at radius 2 is 2.00 bits per heavy atom. The van der Waals surface area contributed by atoms with Crippen molar-refractivity contribution in [2.45, 2.75) is 34.1 Å². The molecule has 1 atom stereocenters. The minimum Gasteiger partial charge on any atom is -0.0916 e. The molecule has 0 amide bonds. The van der Waals surface area contributed by atoms with E-state index in [0.29, 0.717) is 5.92 Å². The summed E-state index contributed by atoms with van der Waals surface area (Å²) in [6, 6.07) is 0. The van der Waals surface area contributed by atoms with Gasteiger partial charge in [-0.1, -0.05) is 30.7 Å². The molecule has 0 aliphatic heterocycles. The molecule has 10 heavy (non-hydrogen) atoms. The molecule has 0 nitrogen and oxygen atoms in total.